The number of imide groups is 1. The molecule has 8 heteroatoms. The van der Waals surface area contributed by atoms with E-state index < -0.39 is 34.5 Å². The summed E-state index contributed by atoms with van der Waals surface area (Å²) >= 11 is 1.02. The zero-order valence-electron chi connectivity index (χ0n) is 13.5. The number of hydrogen-bond acceptors (Lipinski definition) is 4. The maximum Gasteiger partial charge on any atom is 0.356 e. The number of benzene rings is 2. The lowest BCUT2D eigenvalue weighted by atomic mass is 10.1. The van der Waals surface area contributed by atoms with Gasteiger partial charge >= 0.3 is 6.03 Å². The second-order valence-corrected chi connectivity index (χ2v) is 6.54. The van der Waals surface area contributed by atoms with Gasteiger partial charge in [-0.25, -0.2) is 23.5 Å². The molecule has 0 fully saturated rings. The van der Waals surface area contributed by atoms with Gasteiger partial charge in [-0.05, 0) is 24.3 Å². The van der Waals surface area contributed by atoms with E-state index in [1.807, 2.05) is 6.07 Å². The van der Waals surface area contributed by atoms with E-state index in [0.717, 1.165) is 23.9 Å². The summed E-state index contributed by atoms with van der Waals surface area (Å²) < 4.78 is 29.1. The quantitative estimate of drug-likeness (QED) is 0.712. The molecule has 1 unspecified atom stereocenters. The third-order valence-corrected chi connectivity index (χ3v) is 4.74. The molecule has 3 amide bonds. The van der Waals surface area contributed by atoms with Crippen molar-refractivity contribution in [1.29, 1.82) is 0 Å². The van der Waals surface area contributed by atoms with E-state index in [4.69, 9.17) is 0 Å². The van der Waals surface area contributed by atoms with Crippen molar-refractivity contribution in [1.82, 2.24) is 0 Å². The third-order valence-electron chi connectivity index (χ3n) is 3.83. The zero-order chi connectivity index (χ0) is 19.0. The van der Waals surface area contributed by atoms with Crippen LogP contribution in [0.2, 0.25) is 0 Å². The van der Waals surface area contributed by atoms with Crippen molar-refractivity contribution in [3.05, 3.63) is 65.2 Å². The van der Waals surface area contributed by atoms with Crippen LogP contribution in [0, 0.1) is 23.5 Å². The SMILES string of the molecule is O=C1N=C2N=CSC2C(=O)N1c1c(F)cc(C#Cc2ccccc2)cc1F. The highest BCUT2D eigenvalue weighted by molar-refractivity contribution is 8.14. The summed E-state index contributed by atoms with van der Waals surface area (Å²) in [4.78, 5) is 32.5. The van der Waals surface area contributed by atoms with Gasteiger partial charge in [0.25, 0.3) is 5.91 Å². The monoisotopic (exact) mass is 381 g/mol. The Labute approximate surface area is 156 Å². The average Bonchev–Trinajstić information content (AvgIpc) is 3.11. The number of hydrogen-bond donors (Lipinski definition) is 0. The second-order valence-electron chi connectivity index (χ2n) is 5.58. The van der Waals surface area contributed by atoms with Crippen molar-refractivity contribution in [3.8, 4) is 11.8 Å². The maximum absolute atomic E-state index is 14.6. The number of amidine groups is 1. The molecule has 1 atom stereocenters. The molecule has 0 radical (unpaired) electrons. The summed E-state index contributed by atoms with van der Waals surface area (Å²) in [6.07, 6.45) is 0. The lowest BCUT2D eigenvalue weighted by Gasteiger charge is -2.25. The van der Waals surface area contributed by atoms with Crippen LogP contribution >= 0.6 is 11.8 Å². The molecule has 2 aliphatic rings. The number of urea groups is 1. The Morgan fingerprint density at radius 3 is 2.37 bits per heavy atom. The second kappa shape index (κ2) is 6.78. The van der Waals surface area contributed by atoms with E-state index in [-0.39, 0.29) is 11.4 Å². The molecule has 0 N–H and O–H groups in total. The van der Waals surface area contributed by atoms with Crippen LogP contribution in [0.1, 0.15) is 11.1 Å². The lowest BCUT2D eigenvalue weighted by Crippen LogP contribution is -2.48. The van der Waals surface area contributed by atoms with Gasteiger partial charge in [0.15, 0.2) is 17.5 Å². The molecule has 0 saturated heterocycles. The molecular weight excluding hydrogens is 372 g/mol. The lowest BCUT2D eigenvalue weighted by molar-refractivity contribution is -0.116. The molecule has 4 rings (SSSR count). The zero-order valence-corrected chi connectivity index (χ0v) is 14.3. The minimum atomic E-state index is -1.08. The van der Waals surface area contributed by atoms with Gasteiger partial charge in [0.2, 0.25) is 0 Å². The summed E-state index contributed by atoms with van der Waals surface area (Å²) in [5.74, 6) is 2.56. The number of fused-ring (bicyclic) bond motifs is 1. The molecule has 0 aromatic heterocycles. The van der Waals surface area contributed by atoms with Crippen LogP contribution < -0.4 is 4.90 Å². The molecule has 5 nitrogen and oxygen atoms in total. The molecular formula is C19H9F2N3O2S. The van der Waals surface area contributed by atoms with Crippen molar-refractivity contribution in [2.75, 3.05) is 4.90 Å². The molecule has 0 bridgehead atoms. The fourth-order valence-corrected chi connectivity index (χ4v) is 3.36. The van der Waals surface area contributed by atoms with Crippen LogP contribution in [0.5, 0.6) is 0 Å². The number of rotatable bonds is 1. The van der Waals surface area contributed by atoms with Crippen LogP contribution in [0.15, 0.2) is 52.4 Å². The van der Waals surface area contributed by atoms with E-state index in [1.54, 1.807) is 24.3 Å². The number of carbonyl (C=O) groups is 2. The summed E-state index contributed by atoms with van der Waals surface area (Å²) in [5, 5.41) is -0.876. The van der Waals surface area contributed by atoms with E-state index in [2.05, 4.69) is 21.8 Å². The van der Waals surface area contributed by atoms with Gasteiger partial charge in [0.05, 0.1) is 5.55 Å². The number of halogens is 2. The Morgan fingerprint density at radius 2 is 1.67 bits per heavy atom. The van der Waals surface area contributed by atoms with Gasteiger partial charge < -0.3 is 0 Å². The first kappa shape index (κ1) is 17.1. The number of amides is 3. The minimum absolute atomic E-state index is 0.0393. The number of nitrogens with zero attached hydrogens (tertiary/aromatic N) is 3. The largest absolute Gasteiger partial charge is 0.356 e. The van der Waals surface area contributed by atoms with Gasteiger partial charge in [0.1, 0.15) is 10.9 Å². The first-order valence-corrected chi connectivity index (χ1v) is 8.69. The number of thioether (sulfide) groups is 1. The highest BCUT2D eigenvalue weighted by Crippen LogP contribution is 2.32. The Balaban J connectivity index is 1.70. The van der Waals surface area contributed by atoms with Crippen molar-refractivity contribution in [2.24, 2.45) is 9.98 Å². The first-order valence-electron chi connectivity index (χ1n) is 7.75. The molecule has 132 valence electrons. The normalized spacial score (nSPS) is 18.1. The molecule has 2 aliphatic heterocycles. The van der Waals surface area contributed by atoms with E-state index >= 15 is 0 Å². The fourth-order valence-electron chi connectivity index (χ4n) is 2.61. The van der Waals surface area contributed by atoms with Gasteiger partial charge in [-0.3, -0.25) is 4.79 Å². The number of carbonyl (C=O) groups excluding carboxylic acids is 2. The Morgan fingerprint density at radius 1 is 1.00 bits per heavy atom. The third kappa shape index (κ3) is 3.13. The van der Waals surface area contributed by atoms with Gasteiger partial charge in [-0.2, -0.15) is 4.99 Å². The average molecular weight is 381 g/mol. The van der Waals surface area contributed by atoms with Crippen LogP contribution in [-0.4, -0.2) is 28.6 Å². The molecule has 2 aromatic carbocycles. The van der Waals surface area contributed by atoms with Gasteiger partial charge in [-0.1, -0.05) is 41.8 Å². The molecule has 2 aromatic rings. The minimum Gasteiger partial charge on any atom is -0.272 e. The molecule has 2 heterocycles. The Hall–Kier alpha value is -3.31. The Kier molecular flexibility index (Phi) is 4.30. The van der Waals surface area contributed by atoms with Gasteiger partial charge in [-0.15, -0.1) is 0 Å². The van der Waals surface area contributed by atoms with Crippen LogP contribution in [0.25, 0.3) is 0 Å². The van der Waals surface area contributed by atoms with E-state index in [0.29, 0.717) is 10.5 Å². The van der Waals surface area contributed by atoms with Crippen LogP contribution in [0.4, 0.5) is 19.3 Å². The first-order chi connectivity index (χ1) is 13.0. The van der Waals surface area contributed by atoms with Crippen molar-refractivity contribution in [3.63, 3.8) is 0 Å². The summed E-state index contributed by atoms with van der Waals surface area (Å²) in [7, 11) is 0. The molecule has 0 spiro atoms. The number of anilines is 1. The molecule has 27 heavy (non-hydrogen) atoms. The predicted molar refractivity (Wildman–Crippen MR) is 99.0 cm³/mol. The van der Waals surface area contributed by atoms with Gasteiger partial charge in [0, 0.05) is 11.1 Å². The maximum atomic E-state index is 14.6. The topological polar surface area (TPSA) is 62.1 Å². The molecule has 0 aliphatic carbocycles. The highest BCUT2D eigenvalue weighted by atomic mass is 32.2. The van der Waals surface area contributed by atoms with Crippen LogP contribution in [0.3, 0.4) is 0 Å². The predicted octanol–water partition coefficient (Wildman–Crippen LogP) is 3.37. The van der Waals surface area contributed by atoms with E-state index in [1.165, 1.54) is 5.55 Å². The highest BCUT2D eigenvalue weighted by Gasteiger charge is 2.42. The van der Waals surface area contributed by atoms with Crippen molar-refractivity contribution < 1.29 is 18.4 Å². The number of aliphatic imine (C=N–C) groups is 2. The van der Waals surface area contributed by atoms with E-state index in [9.17, 15) is 18.4 Å². The smallest absolute Gasteiger partial charge is 0.272 e. The molecule has 0 saturated carbocycles. The summed E-state index contributed by atoms with van der Waals surface area (Å²) in [5.41, 5.74) is 1.37. The van der Waals surface area contributed by atoms with Crippen molar-refractivity contribution >= 4 is 40.8 Å². The Bertz CT molecular complexity index is 1060. The standard InChI is InChI=1S/C19H9F2N3O2S/c20-13-8-12(7-6-11-4-2-1-3-5-11)9-14(21)15(13)24-18(25)16-17(22-10-27-16)23-19(24)26/h1-5,8-10,16H. The summed E-state index contributed by atoms with van der Waals surface area (Å²) in [6, 6.07) is 9.81. The van der Waals surface area contributed by atoms with Crippen LogP contribution in [-0.2, 0) is 4.79 Å². The fraction of sp³-hybridized carbons (Fsp3) is 0.0526. The summed E-state index contributed by atoms with van der Waals surface area (Å²) in [6.45, 7) is 0. The van der Waals surface area contributed by atoms with Crippen molar-refractivity contribution in [2.45, 2.75) is 5.25 Å².